The van der Waals surface area contributed by atoms with Crippen LogP contribution in [0.25, 0.3) is 0 Å². The summed E-state index contributed by atoms with van der Waals surface area (Å²) in [5.41, 5.74) is 0. The number of hydrogen-bond acceptors (Lipinski definition) is 5. The molecule has 0 fully saturated rings. The van der Waals surface area contributed by atoms with Gasteiger partial charge < -0.3 is 14.8 Å². The first-order chi connectivity index (χ1) is 7.26. The molecule has 4 nitrogen and oxygen atoms in total. The van der Waals surface area contributed by atoms with Crippen LogP contribution in [0.1, 0.15) is 12.8 Å². The van der Waals surface area contributed by atoms with Gasteiger partial charge in [0.1, 0.15) is 6.04 Å². The van der Waals surface area contributed by atoms with Gasteiger partial charge in [0.05, 0.1) is 7.11 Å². The highest BCUT2D eigenvalue weighted by Crippen LogP contribution is 2.07. The second kappa shape index (κ2) is 10.3. The summed E-state index contributed by atoms with van der Waals surface area (Å²) in [6.07, 6.45) is 1.87. The summed E-state index contributed by atoms with van der Waals surface area (Å²) in [6.45, 7) is 0.805. The molecule has 0 bridgehead atoms. The highest BCUT2D eigenvalue weighted by Gasteiger charge is 2.15. The molecule has 0 aromatic rings. The minimum absolute atomic E-state index is 0.176. The molecule has 0 aliphatic carbocycles. The summed E-state index contributed by atoms with van der Waals surface area (Å²) in [6, 6.07) is -0.176. The fourth-order valence-electron chi connectivity index (χ4n) is 1.13. The average molecular weight is 235 g/mol. The first-order valence-electron chi connectivity index (χ1n) is 5.08. The number of nitrogens with one attached hydrogen (secondary N) is 1. The third kappa shape index (κ3) is 7.64. The van der Waals surface area contributed by atoms with E-state index in [1.54, 1.807) is 14.2 Å². The van der Waals surface area contributed by atoms with Crippen LogP contribution in [-0.2, 0) is 14.3 Å². The van der Waals surface area contributed by atoms with E-state index in [-0.39, 0.29) is 12.0 Å². The van der Waals surface area contributed by atoms with E-state index in [4.69, 9.17) is 4.74 Å². The number of likely N-dealkylation sites (N-methyl/N-ethyl adjacent to an activating group) is 1. The van der Waals surface area contributed by atoms with Gasteiger partial charge in [-0.3, -0.25) is 4.79 Å². The Kier molecular flexibility index (Phi) is 10.1. The molecule has 0 heterocycles. The van der Waals surface area contributed by atoms with Crippen molar-refractivity contribution in [3.63, 3.8) is 0 Å². The predicted molar refractivity (Wildman–Crippen MR) is 63.3 cm³/mol. The molecule has 1 N–H and O–H groups in total. The monoisotopic (exact) mass is 235 g/mol. The molecule has 0 saturated carbocycles. The molecule has 0 aromatic carbocycles. The quantitative estimate of drug-likeness (QED) is 0.475. The summed E-state index contributed by atoms with van der Waals surface area (Å²) in [7, 11) is 4.90. The third-order valence-corrected chi connectivity index (χ3v) is 3.12. The minimum Gasteiger partial charge on any atom is -0.468 e. The fraction of sp³-hybridized carbons (Fsp3) is 0.900. The summed E-state index contributed by atoms with van der Waals surface area (Å²) in [4.78, 5) is 11.2. The van der Waals surface area contributed by atoms with E-state index < -0.39 is 0 Å². The number of carbonyl (C=O) groups is 1. The molecule has 90 valence electrons. The maximum atomic E-state index is 11.2. The van der Waals surface area contributed by atoms with Crippen molar-refractivity contribution in [2.45, 2.75) is 18.9 Å². The Morgan fingerprint density at radius 3 is 2.67 bits per heavy atom. The van der Waals surface area contributed by atoms with E-state index in [0.717, 1.165) is 31.0 Å². The van der Waals surface area contributed by atoms with Crippen LogP contribution >= 0.6 is 11.8 Å². The van der Waals surface area contributed by atoms with Gasteiger partial charge in [-0.05, 0) is 31.4 Å². The number of esters is 1. The SMILES string of the molecule is CNC(CCSCCCOC)C(=O)OC. The van der Waals surface area contributed by atoms with Crippen LogP contribution in [0.4, 0.5) is 0 Å². The van der Waals surface area contributed by atoms with Crippen molar-refractivity contribution >= 4 is 17.7 Å². The summed E-state index contributed by atoms with van der Waals surface area (Å²) in [5.74, 6) is 1.85. The summed E-state index contributed by atoms with van der Waals surface area (Å²) >= 11 is 1.84. The van der Waals surface area contributed by atoms with Crippen LogP contribution in [0.2, 0.25) is 0 Å². The largest absolute Gasteiger partial charge is 0.468 e. The van der Waals surface area contributed by atoms with Crippen LogP contribution in [-0.4, -0.2) is 51.4 Å². The lowest BCUT2D eigenvalue weighted by molar-refractivity contribution is -0.143. The van der Waals surface area contributed by atoms with Gasteiger partial charge in [-0.2, -0.15) is 11.8 Å². The molecule has 1 unspecified atom stereocenters. The van der Waals surface area contributed by atoms with Crippen molar-refractivity contribution < 1.29 is 14.3 Å². The molecule has 0 aliphatic heterocycles. The van der Waals surface area contributed by atoms with Crippen LogP contribution in [0.5, 0.6) is 0 Å². The number of carbonyl (C=O) groups excluding carboxylic acids is 1. The summed E-state index contributed by atoms with van der Waals surface area (Å²) < 4.78 is 9.61. The van der Waals surface area contributed by atoms with Gasteiger partial charge in [-0.25, -0.2) is 0 Å². The standard InChI is InChI=1S/C10H21NO3S/c1-11-9(10(12)14-3)5-8-15-7-4-6-13-2/h9,11H,4-8H2,1-3H3. The minimum atomic E-state index is -0.185. The number of rotatable bonds is 9. The van der Waals surface area contributed by atoms with E-state index >= 15 is 0 Å². The zero-order valence-electron chi connectivity index (χ0n) is 9.75. The maximum Gasteiger partial charge on any atom is 0.322 e. The van der Waals surface area contributed by atoms with Gasteiger partial charge in [-0.1, -0.05) is 0 Å². The average Bonchev–Trinajstić information content (AvgIpc) is 2.27. The Bertz CT molecular complexity index is 167. The molecular formula is C10H21NO3S. The van der Waals surface area contributed by atoms with Crippen molar-refractivity contribution in [2.24, 2.45) is 0 Å². The Balaban J connectivity index is 3.42. The first-order valence-corrected chi connectivity index (χ1v) is 6.23. The molecule has 0 radical (unpaired) electrons. The number of thioether (sulfide) groups is 1. The second-order valence-corrected chi connectivity index (χ2v) is 4.34. The molecule has 15 heavy (non-hydrogen) atoms. The van der Waals surface area contributed by atoms with Crippen molar-refractivity contribution in [2.75, 3.05) is 39.4 Å². The molecule has 0 saturated heterocycles. The smallest absolute Gasteiger partial charge is 0.322 e. The molecule has 0 amide bonds. The van der Waals surface area contributed by atoms with E-state index in [1.807, 2.05) is 11.8 Å². The molecular weight excluding hydrogens is 214 g/mol. The van der Waals surface area contributed by atoms with Gasteiger partial charge in [-0.15, -0.1) is 0 Å². The van der Waals surface area contributed by atoms with Crippen LogP contribution < -0.4 is 5.32 Å². The maximum absolute atomic E-state index is 11.2. The van der Waals surface area contributed by atoms with E-state index in [1.165, 1.54) is 7.11 Å². The fourth-order valence-corrected chi connectivity index (χ4v) is 2.06. The lowest BCUT2D eigenvalue weighted by Gasteiger charge is -2.12. The van der Waals surface area contributed by atoms with Crippen molar-refractivity contribution in [3.05, 3.63) is 0 Å². The molecule has 0 spiro atoms. The van der Waals surface area contributed by atoms with Gasteiger partial charge >= 0.3 is 5.97 Å². The van der Waals surface area contributed by atoms with Crippen molar-refractivity contribution in [3.8, 4) is 0 Å². The lowest BCUT2D eigenvalue weighted by Crippen LogP contribution is -2.35. The van der Waals surface area contributed by atoms with Gasteiger partial charge in [0.2, 0.25) is 0 Å². The molecule has 5 heteroatoms. The Labute approximate surface area is 96.1 Å². The van der Waals surface area contributed by atoms with E-state index in [0.29, 0.717) is 0 Å². The third-order valence-electron chi connectivity index (χ3n) is 2.02. The van der Waals surface area contributed by atoms with Gasteiger partial charge in [0.15, 0.2) is 0 Å². The van der Waals surface area contributed by atoms with E-state index in [2.05, 4.69) is 10.1 Å². The van der Waals surface area contributed by atoms with Crippen molar-refractivity contribution in [1.29, 1.82) is 0 Å². The predicted octanol–water partition coefficient (Wildman–Crippen LogP) is 0.907. The molecule has 1 atom stereocenters. The zero-order chi connectivity index (χ0) is 11.5. The van der Waals surface area contributed by atoms with Crippen LogP contribution in [0.3, 0.4) is 0 Å². The second-order valence-electron chi connectivity index (χ2n) is 3.11. The number of ether oxygens (including phenoxy) is 2. The first kappa shape index (κ1) is 14.7. The van der Waals surface area contributed by atoms with Crippen LogP contribution in [0, 0.1) is 0 Å². The highest BCUT2D eigenvalue weighted by atomic mass is 32.2. The Hall–Kier alpha value is -0.260. The molecule has 0 rings (SSSR count). The zero-order valence-corrected chi connectivity index (χ0v) is 10.6. The summed E-state index contributed by atoms with van der Waals surface area (Å²) in [5, 5.41) is 2.94. The van der Waals surface area contributed by atoms with E-state index in [9.17, 15) is 4.79 Å². The Morgan fingerprint density at radius 1 is 1.40 bits per heavy atom. The van der Waals surface area contributed by atoms with Gasteiger partial charge in [0, 0.05) is 13.7 Å². The molecule has 0 aromatic heterocycles. The number of methoxy groups -OCH3 is 2. The highest BCUT2D eigenvalue weighted by molar-refractivity contribution is 7.99. The van der Waals surface area contributed by atoms with Crippen LogP contribution in [0.15, 0.2) is 0 Å². The molecule has 0 aliphatic rings. The van der Waals surface area contributed by atoms with Crippen molar-refractivity contribution in [1.82, 2.24) is 5.32 Å². The topological polar surface area (TPSA) is 47.6 Å². The normalized spacial score (nSPS) is 12.5. The Morgan fingerprint density at radius 2 is 2.13 bits per heavy atom. The van der Waals surface area contributed by atoms with Gasteiger partial charge in [0.25, 0.3) is 0 Å². The number of hydrogen-bond donors (Lipinski definition) is 1. The lowest BCUT2D eigenvalue weighted by atomic mass is 10.2.